The van der Waals surface area contributed by atoms with Crippen LogP contribution >= 0.6 is 47.1 Å². The molecule has 5 nitrogen and oxygen atoms in total. The van der Waals surface area contributed by atoms with E-state index in [1.807, 2.05) is 19.0 Å². The van der Waals surface area contributed by atoms with Crippen LogP contribution in [0, 0.1) is 0 Å². The third kappa shape index (κ3) is 6.96. The van der Waals surface area contributed by atoms with E-state index in [9.17, 15) is 0 Å². The molecule has 1 N–H and O–H groups in total. The second kappa shape index (κ2) is 11.7. The molecule has 144 valence electrons. The number of rotatable bonds is 7. The van der Waals surface area contributed by atoms with Gasteiger partial charge in [-0.25, -0.2) is 9.98 Å². The quantitative estimate of drug-likeness (QED) is 0.265. The van der Waals surface area contributed by atoms with E-state index in [1.165, 1.54) is 10.5 Å². The number of hydrogen-bond donors (Lipinski definition) is 1. The lowest BCUT2D eigenvalue weighted by Crippen LogP contribution is -2.38. The first kappa shape index (κ1) is 23.0. The highest BCUT2D eigenvalue weighted by Gasteiger charge is 2.08. The van der Waals surface area contributed by atoms with Gasteiger partial charge in [0.15, 0.2) is 11.1 Å². The van der Waals surface area contributed by atoms with E-state index < -0.39 is 0 Å². The number of thiazole rings is 1. The van der Waals surface area contributed by atoms with Gasteiger partial charge in [-0.2, -0.15) is 0 Å². The number of hydrogen-bond acceptors (Lipinski definition) is 5. The highest BCUT2D eigenvalue weighted by Crippen LogP contribution is 2.18. The Balaban J connectivity index is 0.00000338. The number of nitrogens with one attached hydrogen (secondary N) is 1. The lowest BCUT2D eigenvalue weighted by molar-refractivity contribution is 0.476. The van der Waals surface area contributed by atoms with Crippen molar-refractivity contribution in [1.29, 1.82) is 0 Å². The van der Waals surface area contributed by atoms with Gasteiger partial charge in [0.25, 0.3) is 0 Å². The van der Waals surface area contributed by atoms with Crippen LogP contribution in [0.3, 0.4) is 0 Å². The predicted molar refractivity (Wildman–Crippen MR) is 126 cm³/mol. The zero-order valence-corrected chi connectivity index (χ0v) is 20.0. The third-order valence-corrected chi connectivity index (χ3v) is 5.39. The van der Waals surface area contributed by atoms with Gasteiger partial charge in [-0.1, -0.05) is 12.1 Å². The fourth-order valence-electron chi connectivity index (χ4n) is 2.28. The van der Waals surface area contributed by atoms with Crippen molar-refractivity contribution in [3.05, 3.63) is 40.9 Å². The fourth-order valence-corrected chi connectivity index (χ4v) is 3.44. The molecule has 0 atom stereocenters. The second-order valence-electron chi connectivity index (χ2n) is 5.89. The summed E-state index contributed by atoms with van der Waals surface area (Å²) < 4.78 is 0. The molecule has 1 aromatic carbocycles. The lowest BCUT2D eigenvalue weighted by Gasteiger charge is -2.22. The van der Waals surface area contributed by atoms with Gasteiger partial charge in [0.1, 0.15) is 0 Å². The minimum absolute atomic E-state index is 0. The molecule has 0 aliphatic heterocycles. The number of anilines is 1. The van der Waals surface area contributed by atoms with Gasteiger partial charge in [-0.3, -0.25) is 0 Å². The Kier molecular flexibility index (Phi) is 10.3. The van der Waals surface area contributed by atoms with Crippen molar-refractivity contribution in [3.8, 4) is 0 Å². The number of aromatic nitrogens is 1. The number of benzene rings is 1. The standard InChI is InChI=1S/C18H27N5S2.HI/c1-6-19-17(20-11-15-13-25-18(21-15)22(2)3)23(4)12-14-7-9-16(24-5)10-8-14;/h7-10,13H,6,11-12H2,1-5H3,(H,19,20);1H. The van der Waals surface area contributed by atoms with E-state index in [2.05, 4.69) is 65.1 Å². The minimum atomic E-state index is 0. The molecular formula is C18H28IN5S2. The smallest absolute Gasteiger partial charge is 0.194 e. The molecular weight excluding hydrogens is 477 g/mol. The Morgan fingerprint density at radius 3 is 2.46 bits per heavy atom. The van der Waals surface area contributed by atoms with E-state index in [1.54, 1.807) is 23.1 Å². The molecule has 0 radical (unpaired) electrons. The van der Waals surface area contributed by atoms with Crippen molar-refractivity contribution in [2.24, 2.45) is 4.99 Å². The third-order valence-electron chi connectivity index (χ3n) is 3.59. The van der Waals surface area contributed by atoms with Gasteiger partial charge in [0.05, 0.1) is 12.2 Å². The van der Waals surface area contributed by atoms with Crippen LogP contribution in [0.4, 0.5) is 5.13 Å². The highest BCUT2D eigenvalue weighted by atomic mass is 127. The first-order chi connectivity index (χ1) is 12.0. The molecule has 0 spiro atoms. The summed E-state index contributed by atoms with van der Waals surface area (Å²) in [5, 5.41) is 6.45. The predicted octanol–water partition coefficient (Wildman–Crippen LogP) is 4.15. The van der Waals surface area contributed by atoms with Crippen LogP contribution in [0.25, 0.3) is 0 Å². The lowest BCUT2D eigenvalue weighted by atomic mass is 10.2. The summed E-state index contributed by atoms with van der Waals surface area (Å²) in [6.45, 7) is 4.33. The molecule has 2 rings (SSSR count). The summed E-state index contributed by atoms with van der Waals surface area (Å²) in [5.74, 6) is 0.899. The van der Waals surface area contributed by atoms with Gasteiger partial charge < -0.3 is 15.1 Å². The highest BCUT2D eigenvalue weighted by molar-refractivity contribution is 14.0. The molecule has 0 unspecified atom stereocenters. The molecule has 2 aromatic rings. The maximum Gasteiger partial charge on any atom is 0.194 e. The Morgan fingerprint density at radius 1 is 1.23 bits per heavy atom. The number of aliphatic imine (C=N–C) groups is 1. The van der Waals surface area contributed by atoms with Crippen LogP contribution < -0.4 is 10.2 Å². The molecule has 0 saturated carbocycles. The van der Waals surface area contributed by atoms with E-state index >= 15 is 0 Å². The summed E-state index contributed by atoms with van der Waals surface area (Å²) in [6.07, 6.45) is 2.09. The summed E-state index contributed by atoms with van der Waals surface area (Å²) in [7, 11) is 6.08. The Morgan fingerprint density at radius 2 is 1.92 bits per heavy atom. The average Bonchev–Trinajstić information content (AvgIpc) is 3.08. The van der Waals surface area contributed by atoms with Crippen LogP contribution in [-0.4, -0.2) is 49.8 Å². The van der Waals surface area contributed by atoms with Crippen molar-refractivity contribution in [2.75, 3.05) is 38.8 Å². The molecule has 0 aliphatic rings. The molecule has 0 aliphatic carbocycles. The SMILES string of the molecule is CCNC(=NCc1csc(N(C)C)n1)N(C)Cc1ccc(SC)cc1.I. The zero-order chi connectivity index (χ0) is 18.2. The van der Waals surface area contributed by atoms with E-state index in [-0.39, 0.29) is 24.0 Å². The first-order valence-corrected chi connectivity index (χ1v) is 10.4. The zero-order valence-electron chi connectivity index (χ0n) is 16.0. The van der Waals surface area contributed by atoms with Crippen LogP contribution in [0.1, 0.15) is 18.2 Å². The number of guanidine groups is 1. The summed E-state index contributed by atoms with van der Waals surface area (Å²) in [5.41, 5.74) is 2.27. The van der Waals surface area contributed by atoms with Gasteiger partial charge in [-0.05, 0) is 30.9 Å². The van der Waals surface area contributed by atoms with E-state index in [0.29, 0.717) is 6.54 Å². The van der Waals surface area contributed by atoms with E-state index in [4.69, 9.17) is 4.99 Å². The summed E-state index contributed by atoms with van der Waals surface area (Å²) in [6, 6.07) is 8.68. The van der Waals surface area contributed by atoms with Crippen LogP contribution in [0.5, 0.6) is 0 Å². The molecule has 1 heterocycles. The van der Waals surface area contributed by atoms with Crippen LogP contribution in [-0.2, 0) is 13.1 Å². The van der Waals surface area contributed by atoms with Crippen molar-refractivity contribution in [3.63, 3.8) is 0 Å². The monoisotopic (exact) mass is 505 g/mol. The maximum absolute atomic E-state index is 4.74. The first-order valence-electron chi connectivity index (χ1n) is 8.27. The normalized spacial score (nSPS) is 11.0. The Bertz CT molecular complexity index is 685. The van der Waals surface area contributed by atoms with Gasteiger partial charge in [-0.15, -0.1) is 47.1 Å². The molecule has 8 heteroatoms. The van der Waals surface area contributed by atoms with Crippen molar-refractivity contribution in [2.45, 2.75) is 24.9 Å². The number of halogens is 1. The Labute approximate surface area is 182 Å². The van der Waals surface area contributed by atoms with E-state index in [0.717, 1.165) is 29.9 Å². The summed E-state index contributed by atoms with van der Waals surface area (Å²) >= 11 is 3.41. The second-order valence-corrected chi connectivity index (χ2v) is 7.61. The topological polar surface area (TPSA) is 43.8 Å². The summed E-state index contributed by atoms with van der Waals surface area (Å²) in [4.78, 5) is 14.8. The molecule has 26 heavy (non-hydrogen) atoms. The van der Waals surface area contributed by atoms with Crippen molar-refractivity contribution >= 4 is 58.2 Å². The number of thioether (sulfide) groups is 1. The molecule has 0 fully saturated rings. The molecule has 0 bridgehead atoms. The fraction of sp³-hybridized carbons (Fsp3) is 0.444. The number of nitrogens with zero attached hydrogens (tertiary/aromatic N) is 4. The molecule has 1 aromatic heterocycles. The van der Waals surface area contributed by atoms with Gasteiger partial charge >= 0.3 is 0 Å². The average molecular weight is 505 g/mol. The minimum Gasteiger partial charge on any atom is -0.357 e. The largest absolute Gasteiger partial charge is 0.357 e. The molecule has 0 amide bonds. The van der Waals surface area contributed by atoms with Crippen molar-refractivity contribution in [1.82, 2.24) is 15.2 Å². The van der Waals surface area contributed by atoms with Gasteiger partial charge in [0.2, 0.25) is 0 Å². The van der Waals surface area contributed by atoms with Crippen LogP contribution in [0.15, 0.2) is 39.5 Å². The van der Waals surface area contributed by atoms with Crippen LogP contribution in [0.2, 0.25) is 0 Å². The van der Waals surface area contributed by atoms with Gasteiger partial charge in [0, 0.05) is 44.5 Å². The molecule has 0 saturated heterocycles. The Hall–Kier alpha value is -1.000. The van der Waals surface area contributed by atoms with Crippen molar-refractivity contribution < 1.29 is 0 Å². The maximum atomic E-state index is 4.74.